The number of benzene rings is 1. The van der Waals surface area contributed by atoms with Gasteiger partial charge in [-0.1, -0.05) is 0 Å². The molecule has 1 saturated heterocycles. The molecule has 1 fully saturated rings. The summed E-state index contributed by atoms with van der Waals surface area (Å²) in [7, 11) is 0. The molecule has 1 atom stereocenters. The van der Waals surface area contributed by atoms with Crippen LogP contribution in [0.1, 0.15) is 6.42 Å². The Bertz CT molecular complexity index is 661. The number of amides is 1. The van der Waals surface area contributed by atoms with Gasteiger partial charge in [-0.2, -0.15) is 0 Å². The summed E-state index contributed by atoms with van der Waals surface area (Å²) in [6.07, 6.45) is 0.476. The third kappa shape index (κ3) is 1.80. The molecule has 1 aliphatic rings. The van der Waals surface area contributed by atoms with Gasteiger partial charge in [0.1, 0.15) is 0 Å². The molecule has 0 bridgehead atoms. The maximum Gasteiger partial charge on any atom is 0.417 e. The first-order chi connectivity index (χ1) is 8.67. The average molecular weight is 267 g/mol. The molecular formula is C12H11ClN2O3. The third-order valence-corrected chi connectivity index (χ3v) is 3.57. The largest absolute Gasteiger partial charge is 0.417 e. The van der Waals surface area contributed by atoms with Crippen LogP contribution < -0.4 is 10.7 Å². The van der Waals surface area contributed by atoms with Crippen LogP contribution in [0.25, 0.3) is 11.1 Å². The number of nitrogens with zero attached hydrogens (tertiary/aromatic N) is 1. The zero-order valence-electron chi connectivity index (χ0n) is 9.48. The van der Waals surface area contributed by atoms with Crippen molar-refractivity contribution in [2.75, 3.05) is 17.3 Å². The summed E-state index contributed by atoms with van der Waals surface area (Å²) in [5.74, 6) is 0.241. The molecule has 1 amide bonds. The second-order valence-corrected chi connectivity index (χ2v) is 4.73. The number of anilines is 1. The van der Waals surface area contributed by atoms with Crippen molar-refractivity contribution in [2.24, 2.45) is 5.92 Å². The second-order valence-electron chi connectivity index (χ2n) is 4.42. The van der Waals surface area contributed by atoms with Crippen molar-refractivity contribution < 1.29 is 9.21 Å². The molecule has 1 aliphatic heterocycles. The highest BCUT2D eigenvalue weighted by atomic mass is 35.5. The van der Waals surface area contributed by atoms with E-state index in [1.54, 1.807) is 23.1 Å². The van der Waals surface area contributed by atoms with Crippen molar-refractivity contribution in [2.45, 2.75) is 6.42 Å². The lowest BCUT2D eigenvalue weighted by atomic mass is 10.1. The quantitative estimate of drug-likeness (QED) is 0.842. The Morgan fingerprint density at radius 2 is 2.28 bits per heavy atom. The van der Waals surface area contributed by atoms with Crippen LogP contribution in [0.4, 0.5) is 5.69 Å². The number of alkyl halides is 1. The van der Waals surface area contributed by atoms with Gasteiger partial charge < -0.3 is 9.32 Å². The van der Waals surface area contributed by atoms with E-state index in [1.807, 2.05) is 0 Å². The number of aromatic amines is 1. The highest BCUT2D eigenvalue weighted by Crippen LogP contribution is 2.27. The topological polar surface area (TPSA) is 66.3 Å². The Morgan fingerprint density at radius 3 is 3.00 bits per heavy atom. The Balaban J connectivity index is 1.99. The van der Waals surface area contributed by atoms with Gasteiger partial charge in [0.05, 0.1) is 5.52 Å². The highest BCUT2D eigenvalue weighted by Gasteiger charge is 2.30. The van der Waals surface area contributed by atoms with E-state index in [-0.39, 0.29) is 11.8 Å². The van der Waals surface area contributed by atoms with Gasteiger partial charge in [0.25, 0.3) is 0 Å². The molecule has 3 rings (SSSR count). The first-order valence-corrected chi connectivity index (χ1v) is 6.20. The van der Waals surface area contributed by atoms with E-state index in [4.69, 9.17) is 16.0 Å². The molecule has 0 spiro atoms. The lowest BCUT2D eigenvalue weighted by molar-refractivity contribution is -0.117. The van der Waals surface area contributed by atoms with Crippen molar-refractivity contribution in [1.82, 2.24) is 4.98 Å². The lowest BCUT2D eigenvalue weighted by Crippen LogP contribution is -2.24. The lowest BCUT2D eigenvalue weighted by Gasteiger charge is -2.16. The molecule has 5 nitrogen and oxygen atoms in total. The number of carbonyl (C=O) groups excluding carboxylic acids is 1. The number of H-pyrrole nitrogens is 1. The molecule has 0 aliphatic carbocycles. The van der Waals surface area contributed by atoms with Crippen LogP contribution in [0.15, 0.2) is 27.4 Å². The zero-order chi connectivity index (χ0) is 12.7. The molecule has 1 N–H and O–H groups in total. The van der Waals surface area contributed by atoms with E-state index in [0.29, 0.717) is 29.9 Å². The minimum Gasteiger partial charge on any atom is -0.408 e. The van der Waals surface area contributed by atoms with E-state index in [2.05, 4.69) is 4.98 Å². The number of fused-ring (bicyclic) bond motifs is 1. The molecule has 94 valence electrons. The van der Waals surface area contributed by atoms with Crippen LogP contribution in [0.3, 0.4) is 0 Å². The Labute approximate surface area is 107 Å². The minimum absolute atomic E-state index is 0.0610. The predicted octanol–water partition coefficient (Wildman–Crippen LogP) is 1.71. The van der Waals surface area contributed by atoms with Gasteiger partial charge in [0.15, 0.2) is 5.58 Å². The molecule has 1 unspecified atom stereocenters. The van der Waals surface area contributed by atoms with Crippen LogP contribution in [-0.2, 0) is 4.79 Å². The van der Waals surface area contributed by atoms with Crippen LogP contribution >= 0.6 is 11.6 Å². The van der Waals surface area contributed by atoms with E-state index < -0.39 is 5.76 Å². The standard InChI is InChI=1S/C12H11ClN2O3/c13-5-7-3-11(16)15(6-7)8-1-2-10-9(4-8)14-12(17)18-10/h1-2,4,7H,3,5-6H2,(H,14,17). The molecule has 0 saturated carbocycles. The van der Waals surface area contributed by atoms with Crippen LogP contribution in [0.2, 0.25) is 0 Å². The van der Waals surface area contributed by atoms with Crippen molar-refractivity contribution >= 4 is 34.3 Å². The number of carbonyl (C=O) groups is 1. The number of aromatic nitrogens is 1. The third-order valence-electron chi connectivity index (χ3n) is 3.14. The zero-order valence-corrected chi connectivity index (χ0v) is 10.2. The van der Waals surface area contributed by atoms with E-state index in [0.717, 1.165) is 5.69 Å². The van der Waals surface area contributed by atoms with Crippen molar-refractivity contribution in [3.8, 4) is 0 Å². The Kier molecular flexibility index (Phi) is 2.63. The number of rotatable bonds is 2. The number of nitrogens with one attached hydrogen (secondary N) is 1. The van der Waals surface area contributed by atoms with Crippen LogP contribution in [0, 0.1) is 5.92 Å². The van der Waals surface area contributed by atoms with Crippen LogP contribution in [-0.4, -0.2) is 23.3 Å². The highest BCUT2D eigenvalue weighted by molar-refractivity contribution is 6.18. The Hall–Kier alpha value is -1.75. The molecule has 0 radical (unpaired) electrons. The van der Waals surface area contributed by atoms with Crippen molar-refractivity contribution in [3.63, 3.8) is 0 Å². The summed E-state index contributed by atoms with van der Waals surface area (Å²) in [5, 5.41) is 0. The maximum absolute atomic E-state index is 11.9. The first kappa shape index (κ1) is 11.3. The van der Waals surface area contributed by atoms with Crippen LogP contribution in [0.5, 0.6) is 0 Å². The van der Waals surface area contributed by atoms with Gasteiger partial charge in [0.2, 0.25) is 5.91 Å². The van der Waals surface area contributed by atoms with Crippen molar-refractivity contribution in [3.05, 3.63) is 28.7 Å². The van der Waals surface area contributed by atoms with Gasteiger partial charge in [-0.15, -0.1) is 11.6 Å². The number of halogens is 1. The summed E-state index contributed by atoms with van der Waals surface area (Å²) < 4.78 is 4.92. The molecule has 2 aromatic rings. The minimum atomic E-state index is -0.492. The molecule has 1 aromatic carbocycles. The fraction of sp³-hybridized carbons (Fsp3) is 0.333. The van der Waals surface area contributed by atoms with E-state index in [9.17, 15) is 9.59 Å². The van der Waals surface area contributed by atoms with Gasteiger partial charge in [-0.25, -0.2) is 4.79 Å². The fourth-order valence-electron chi connectivity index (χ4n) is 2.24. The molecule has 1 aromatic heterocycles. The van der Waals surface area contributed by atoms with Gasteiger partial charge >= 0.3 is 5.76 Å². The fourth-order valence-corrected chi connectivity index (χ4v) is 2.45. The van der Waals surface area contributed by atoms with E-state index >= 15 is 0 Å². The smallest absolute Gasteiger partial charge is 0.408 e. The monoisotopic (exact) mass is 266 g/mol. The van der Waals surface area contributed by atoms with Gasteiger partial charge in [-0.3, -0.25) is 9.78 Å². The predicted molar refractivity (Wildman–Crippen MR) is 68.0 cm³/mol. The summed E-state index contributed by atoms with van der Waals surface area (Å²) >= 11 is 5.78. The number of hydrogen-bond acceptors (Lipinski definition) is 3. The van der Waals surface area contributed by atoms with Crippen molar-refractivity contribution in [1.29, 1.82) is 0 Å². The normalized spacial score (nSPS) is 19.9. The maximum atomic E-state index is 11.9. The SMILES string of the molecule is O=C1CC(CCl)CN1c1ccc2oc(=O)[nH]c2c1. The summed E-state index contributed by atoms with van der Waals surface area (Å²) in [5.41, 5.74) is 1.85. The molecule has 6 heteroatoms. The Morgan fingerprint density at radius 1 is 1.44 bits per heavy atom. The average Bonchev–Trinajstić information content (AvgIpc) is 2.89. The summed E-state index contributed by atoms with van der Waals surface area (Å²) in [4.78, 5) is 27.2. The summed E-state index contributed by atoms with van der Waals surface area (Å²) in [6, 6.07) is 5.20. The van der Waals surface area contributed by atoms with Gasteiger partial charge in [-0.05, 0) is 24.1 Å². The van der Waals surface area contributed by atoms with E-state index in [1.165, 1.54) is 0 Å². The number of hydrogen-bond donors (Lipinski definition) is 1. The van der Waals surface area contributed by atoms with Gasteiger partial charge in [0, 0.05) is 24.5 Å². The first-order valence-electron chi connectivity index (χ1n) is 5.66. The number of oxazole rings is 1. The summed E-state index contributed by atoms with van der Waals surface area (Å²) in [6.45, 7) is 0.621. The second kappa shape index (κ2) is 4.17. The molecule has 2 heterocycles. The molecule has 18 heavy (non-hydrogen) atoms. The molecular weight excluding hydrogens is 256 g/mol.